The van der Waals surface area contributed by atoms with Crippen molar-refractivity contribution in [1.82, 2.24) is 0 Å². The van der Waals surface area contributed by atoms with Crippen molar-refractivity contribution in [1.29, 1.82) is 0 Å². The third-order valence-electron chi connectivity index (χ3n) is 11.1. The van der Waals surface area contributed by atoms with Gasteiger partial charge in [-0.3, -0.25) is 18.6 Å². The number of carbonyl (C=O) groups excluding carboxylic acids is 2. The molecule has 0 aromatic carbocycles. The van der Waals surface area contributed by atoms with Gasteiger partial charge in [-0.2, -0.15) is 0 Å². The average molecular weight is 887 g/mol. The van der Waals surface area contributed by atoms with E-state index in [0.717, 1.165) is 32.1 Å². The Morgan fingerprint density at radius 3 is 1.28 bits per heavy atom. The molecule has 0 aromatic heterocycles. The Labute approximate surface area is 374 Å². The number of aliphatic hydroxyl groups excluding tert-OH is 2. The number of allylic oxidation sites excluding steroid dienone is 4. The van der Waals surface area contributed by atoms with Gasteiger partial charge in [-0.25, -0.2) is 4.57 Å². The quantitative estimate of drug-likeness (QED) is 0.0233. The lowest BCUT2D eigenvalue weighted by Crippen LogP contribution is -2.29. The van der Waals surface area contributed by atoms with E-state index >= 15 is 0 Å². The van der Waals surface area contributed by atoms with Crippen LogP contribution in [0.25, 0.3) is 0 Å². The van der Waals surface area contributed by atoms with E-state index in [0.29, 0.717) is 12.8 Å². The number of carbonyl (C=O) groups is 2. The van der Waals surface area contributed by atoms with Crippen LogP contribution < -0.4 is 0 Å². The molecule has 10 nitrogen and oxygen atoms in total. The average Bonchev–Trinajstić information content (AvgIpc) is 3.25. The van der Waals surface area contributed by atoms with Gasteiger partial charge in [0.25, 0.3) is 0 Å². The first-order valence-corrected chi connectivity index (χ1v) is 26.8. The van der Waals surface area contributed by atoms with E-state index in [2.05, 4.69) is 38.2 Å². The summed E-state index contributed by atoms with van der Waals surface area (Å²) in [5.74, 6) is -0.954. The molecule has 360 valence electrons. The molecule has 0 spiro atoms. The Balaban J connectivity index is 4.15. The number of esters is 2. The van der Waals surface area contributed by atoms with Gasteiger partial charge in [0.15, 0.2) is 6.10 Å². The molecular formula is C50H95O10P. The largest absolute Gasteiger partial charge is 0.472 e. The summed E-state index contributed by atoms with van der Waals surface area (Å²) < 4.78 is 32.8. The monoisotopic (exact) mass is 887 g/mol. The van der Waals surface area contributed by atoms with Gasteiger partial charge >= 0.3 is 19.8 Å². The van der Waals surface area contributed by atoms with E-state index in [-0.39, 0.29) is 19.4 Å². The van der Waals surface area contributed by atoms with Gasteiger partial charge in [-0.1, -0.05) is 205 Å². The molecule has 0 saturated heterocycles. The minimum absolute atomic E-state index is 0.179. The zero-order valence-corrected chi connectivity index (χ0v) is 40.3. The van der Waals surface area contributed by atoms with Gasteiger partial charge in [0.2, 0.25) is 0 Å². The summed E-state index contributed by atoms with van der Waals surface area (Å²) in [7, 11) is -4.62. The van der Waals surface area contributed by atoms with Crippen molar-refractivity contribution in [3.8, 4) is 0 Å². The minimum atomic E-state index is -4.62. The van der Waals surface area contributed by atoms with Crippen LogP contribution in [0.4, 0.5) is 0 Å². The lowest BCUT2D eigenvalue weighted by Gasteiger charge is -2.20. The number of aliphatic hydroxyl groups is 2. The number of phosphoric ester groups is 1. The Morgan fingerprint density at radius 2 is 0.836 bits per heavy atom. The Hall–Kier alpha value is -1.55. The van der Waals surface area contributed by atoms with Gasteiger partial charge in [0.1, 0.15) is 12.7 Å². The van der Waals surface area contributed by atoms with Gasteiger partial charge < -0.3 is 24.6 Å². The predicted octanol–water partition coefficient (Wildman–Crippen LogP) is 14.1. The maximum Gasteiger partial charge on any atom is 0.472 e. The zero-order chi connectivity index (χ0) is 44.8. The van der Waals surface area contributed by atoms with Crippen LogP contribution in [-0.2, 0) is 32.7 Å². The molecule has 1 unspecified atom stereocenters. The minimum Gasteiger partial charge on any atom is -0.462 e. The lowest BCUT2D eigenvalue weighted by atomic mass is 10.0. The van der Waals surface area contributed by atoms with Crippen molar-refractivity contribution in [2.45, 2.75) is 257 Å². The van der Waals surface area contributed by atoms with Crippen molar-refractivity contribution < 1.29 is 47.8 Å². The molecular weight excluding hydrogens is 792 g/mol. The molecule has 3 N–H and O–H groups in total. The van der Waals surface area contributed by atoms with E-state index in [9.17, 15) is 24.2 Å². The number of phosphoric acid groups is 1. The second-order valence-electron chi connectivity index (χ2n) is 17.2. The van der Waals surface area contributed by atoms with Gasteiger partial charge in [-0.15, -0.1) is 0 Å². The smallest absolute Gasteiger partial charge is 0.462 e. The van der Waals surface area contributed by atoms with E-state index in [1.165, 1.54) is 173 Å². The van der Waals surface area contributed by atoms with Crippen LogP contribution in [0.5, 0.6) is 0 Å². The highest BCUT2D eigenvalue weighted by atomic mass is 31.2. The maximum absolute atomic E-state index is 12.6. The molecule has 0 saturated carbocycles. The molecule has 0 radical (unpaired) electrons. The van der Waals surface area contributed by atoms with Gasteiger partial charge in [0.05, 0.1) is 19.8 Å². The fourth-order valence-corrected chi connectivity index (χ4v) is 7.95. The van der Waals surface area contributed by atoms with Crippen LogP contribution in [0.1, 0.15) is 245 Å². The van der Waals surface area contributed by atoms with Crippen molar-refractivity contribution in [3.63, 3.8) is 0 Å². The van der Waals surface area contributed by atoms with Crippen LogP contribution in [0, 0.1) is 0 Å². The molecule has 11 heteroatoms. The maximum atomic E-state index is 12.6. The predicted molar refractivity (Wildman–Crippen MR) is 252 cm³/mol. The van der Waals surface area contributed by atoms with E-state index in [1.54, 1.807) is 0 Å². The van der Waals surface area contributed by atoms with E-state index < -0.39 is 51.8 Å². The van der Waals surface area contributed by atoms with E-state index in [4.69, 9.17) is 23.6 Å². The number of rotatable bonds is 48. The fourth-order valence-electron chi connectivity index (χ4n) is 7.16. The third-order valence-corrected chi connectivity index (χ3v) is 12.0. The summed E-state index contributed by atoms with van der Waals surface area (Å²) >= 11 is 0. The fraction of sp³-hybridized carbons (Fsp3) is 0.880. The number of ether oxygens (including phenoxy) is 2. The molecule has 0 aliphatic carbocycles. The highest BCUT2D eigenvalue weighted by molar-refractivity contribution is 7.47. The standard InChI is InChI=1S/C50H95O10P/c1-3-5-7-9-11-13-15-17-19-20-21-22-23-24-25-26-28-29-31-33-35-37-39-41-49(53)57-45-48(46-59-61(55,56)58-44-47(52)43-51)60-50(54)42-40-38-36-34-32-30-27-18-16-14-12-10-8-6-4-2/h10,12,33,35,47-48,51-52H,3-9,11,13-32,34,36-46H2,1-2H3,(H,55,56)/b12-10+,35-33+/t47-,48+/m1/s1. The lowest BCUT2D eigenvalue weighted by molar-refractivity contribution is -0.161. The van der Waals surface area contributed by atoms with Crippen LogP contribution >= 0.6 is 7.82 Å². The normalized spacial score (nSPS) is 13.9. The molecule has 0 fully saturated rings. The molecule has 0 bridgehead atoms. The van der Waals surface area contributed by atoms with Crippen LogP contribution in [0.2, 0.25) is 0 Å². The van der Waals surface area contributed by atoms with Crippen LogP contribution in [-0.4, -0.2) is 65.7 Å². The van der Waals surface area contributed by atoms with Crippen LogP contribution in [0.15, 0.2) is 24.3 Å². The zero-order valence-electron chi connectivity index (χ0n) is 39.4. The second-order valence-corrected chi connectivity index (χ2v) is 18.6. The third kappa shape index (κ3) is 46.3. The summed E-state index contributed by atoms with van der Waals surface area (Å²) in [4.78, 5) is 35.1. The Bertz CT molecular complexity index is 1070. The van der Waals surface area contributed by atoms with Crippen LogP contribution in [0.3, 0.4) is 0 Å². The topological polar surface area (TPSA) is 149 Å². The first-order valence-electron chi connectivity index (χ1n) is 25.3. The molecule has 0 amide bonds. The highest BCUT2D eigenvalue weighted by Gasteiger charge is 2.27. The molecule has 0 rings (SSSR count). The Morgan fingerprint density at radius 1 is 0.475 bits per heavy atom. The van der Waals surface area contributed by atoms with E-state index in [1.807, 2.05) is 0 Å². The van der Waals surface area contributed by atoms with Crippen molar-refractivity contribution >= 4 is 19.8 Å². The van der Waals surface area contributed by atoms with Gasteiger partial charge in [0, 0.05) is 12.8 Å². The SMILES string of the molecule is CCCC/C=C/CCCCCCCCCCCC(=O)O[C@@H](COC(=O)CCC/C=C/CCCCCCCCCCCCCCCCCCCC)COP(=O)(O)OC[C@H](O)CO. The summed E-state index contributed by atoms with van der Waals surface area (Å²) in [5, 5.41) is 18.4. The van der Waals surface area contributed by atoms with Gasteiger partial charge in [-0.05, 0) is 51.4 Å². The first kappa shape index (κ1) is 59.5. The number of hydrogen-bond donors (Lipinski definition) is 3. The molecule has 0 heterocycles. The first-order chi connectivity index (χ1) is 29.7. The number of unbranched alkanes of at least 4 members (excludes halogenated alkanes) is 30. The molecule has 0 aromatic rings. The molecule has 0 aliphatic rings. The second kappa shape index (κ2) is 46.4. The van der Waals surface area contributed by atoms with Crippen molar-refractivity contribution in [3.05, 3.63) is 24.3 Å². The summed E-state index contributed by atoms with van der Waals surface area (Å²) in [6.07, 6.45) is 48.8. The molecule has 3 atom stereocenters. The summed E-state index contributed by atoms with van der Waals surface area (Å²) in [5.41, 5.74) is 0. The summed E-state index contributed by atoms with van der Waals surface area (Å²) in [6, 6.07) is 0. The Kier molecular flexibility index (Phi) is 45.3. The summed E-state index contributed by atoms with van der Waals surface area (Å²) in [6.45, 7) is 2.36. The van der Waals surface area contributed by atoms with Crippen molar-refractivity contribution in [2.24, 2.45) is 0 Å². The molecule has 0 aliphatic heterocycles. The van der Waals surface area contributed by atoms with Crippen molar-refractivity contribution in [2.75, 3.05) is 26.4 Å². The number of hydrogen-bond acceptors (Lipinski definition) is 9. The molecule has 61 heavy (non-hydrogen) atoms. The highest BCUT2D eigenvalue weighted by Crippen LogP contribution is 2.43.